The van der Waals surface area contributed by atoms with Crippen LogP contribution in [0.5, 0.6) is 0 Å². The smallest absolute Gasteiger partial charge is 0.0984 e. The van der Waals surface area contributed by atoms with E-state index >= 15 is 0 Å². The van der Waals surface area contributed by atoms with E-state index in [1.54, 1.807) is 11.8 Å². The van der Waals surface area contributed by atoms with Crippen molar-refractivity contribution in [1.82, 2.24) is 0 Å². The highest BCUT2D eigenvalue weighted by Gasteiger charge is 1.91. The molecular formula is C5H12FNS. The van der Waals surface area contributed by atoms with Crippen LogP contribution in [0.3, 0.4) is 0 Å². The molecule has 8 heavy (non-hydrogen) atoms. The second kappa shape index (κ2) is 5.38. The Hall–Kier alpha value is 0.240. The van der Waals surface area contributed by atoms with Crippen molar-refractivity contribution in [2.45, 2.75) is 13.0 Å². The predicted molar refractivity (Wildman–Crippen MR) is 36.9 cm³/mol. The molecule has 0 bridgehead atoms. The lowest BCUT2D eigenvalue weighted by molar-refractivity contribution is 0.532. The third-order valence-corrected chi connectivity index (χ3v) is 1.81. The molecule has 0 radical (unpaired) electrons. The molecule has 0 aromatic carbocycles. The highest BCUT2D eigenvalue weighted by Crippen LogP contribution is 1.99. The van der Waals surface area contributed by atoms with Crippen LogP contribution in [0, 0.1) is 0 Å². The van der Waals surface area contributed by atoms with E-state index in [4.69, 9.17) is 5.73 Å². The Morgan fingerprint density at radius 3 is 2.75 bits per heavy atom. The summed E-state index contributed by atoms with van der Waals surface area (Å²) in [6.45, 7) is 1.68. The highest BCUT2D eigenvalue weighted by molar-refractivity contribution is 7.99. The average molecular weight is 137 g/mol. The van der Waals surface area contributed by atoms with E-state index in [1.807, 2.05) is 6.92 Å². The normalized spacial score (nSPS) is 13.9. The highest BCUT2D eigenvalue weighted by atomic mass is 32.2. The quantitative estimate of drug-likeness (QED) is 0.586. The SMILES string of the molecule is C[C@@H](N)CSCCF. The van der Waals surface area contributed by atoms with Gasteiger partial charge >= 0.3 is 0 Å². The van der Waals surface area contributed by atoms with E-state index in [1.165, 1.54) is 0 Å². The second-order valence-electron chi connectivity index (χ2n) is 1.74. The van der Waals surface area contributed by atoms with E-state index in [9.17, 15) is 4.39 Å². The summed E-state index contributed by atoms with van der Waals surface area (Å²) >= 11 is 1.56. The first kappa shape index (κ1) is 8.24. The molecule has 2 N–H and O–H groups in total. The first-order valence-corrected chi connectivity index (χ1v) is 3.82. The molecule has 0 heterocycles. The Labute approximate surface area is 53.8 Å². The number of nitrogens with two attached hydrogens (primary N) is 1. The van der Waals surface area contributed by atoms with Crippen LogP contribution >= 0.6 is 11.8 Å². The molecule has 0 aliphatic rings. The molecule has 3 heteroatoms. The molecule has 0 saturated heterocycles. The first-order chi connectivity index (χ1) is 3.77. The molecule has 50 valence electrons. The van der Waals surface area contributed by atoms with Gasteiger partial charge in [0.25, 0.3) is 0 Å². The van der Waals surface area contributed by atoms with E-state index in [0.29, 0.717) is 5.75 Å². The lowest BCUT2D eigenvalue weighted by atomic mass is 10.4. The van der Waals surface area contributed by atoms with Crippen LogP contribution in [0.1, 0.15) is 6.92 Å². The van der Waals surface area contributed by atoms with Gasteiger partial charge in [0.05, 0.1) is 6.67 Å². The lowest BCUT2D eigenvalue weighted by Crippen LogP contribution is -2.17. The summed E-state index contributed by atoms with van der Waals surface area (Å²) in [5.74, 6) is 1.45. The molecule has 0 saturated carbocycles. The zero-order chi connectivity index (χ0) is 6.41. The summed E-state index contributed by atoms with van der Waals surface area (Å²) in [5, 5.41) is 0. The van der Waals surface area contributed by atoms with Gasteiger partial charge in [-0.1, -0.05) is 0 Å². The minimum atomic E-state index is -0.239. The minimum absolute atomic E-state index is 0.201. The fraction of sp³-hybridized carbons (Fsp3) is 1.00. The largest absolute Gasteiger partial charge is 0.327 e. The van der Waals surface area contributed by atoms with Crippen LogP contribution in [0.15, 0.2) is 0 Å². The van der Waals surface area contributed by atoms with Gasteiger partial charge in [-0.15, -0.1) is 0 Å². The molecule has 0 aliphatic carbocycles. The number of rotatable bonds is 4. The van der Waals surface area contributed by atoms with E-state index in [-0.39, 0.29) is 12.7 Å². The Morgan fingerprint density at radius 2 is 2.38 bits per heavy atom. The van der Waals surface area contributed by atoms with Crippen molar-refractivity contribution in [2.75, 3.05) is 18.2 Å². The molecule has 0 aliphatic heterocycles. The summed E-state index contributed by atoms with van der Waals surface area (Å²) in [7, 11) is 0. The maximum Gasteiger partial charge on any atom is 0.0984 e. The van der Waals surface area contributed by atoms with Crippen molar-refractivity contribution in [3.05, 3.63) is 0 Å². The number of alkyl halides is 1. The van der Waals surface area contributed by atoms with Crippen LogP contribution in [-0.4, -0.2) is 24.2 Å². The number of thioether (sulfide) groups is 1. The van der Waals surface area contributed by atoms with Crippen molar-refractivity contribution < 1.29 is 4.39 Å². The van der Waals surface area contributed by atoms with Crippen molar-refractivity contribution in [3.63, 3.8) is 0 Å². The molecule has 0 fully saturated rings. The summed E-state index contributed by atoms with van der Waals surface area (Å²) in [4.78, 5) is 0. The lowest BCUT2D eigenvalue weighted by Gasteiger charge is -2.00. The molecule has 0 spiro atoms. The summed E-state index contributed by atoms with van der Waals surface area (Å²) in [6.07, 6.45) is 0. The Kier molecular flexibility index (Phi) is 5.54. The molecule has 0 unspecified atom stereocenters. The summed E-state index contributed by atoms with van der Waals surface area (Å²) < 4.78 is 11.4. The Morgan fingerprint density at radius 1 is 1.75 bits per heavy atom. The van der Waals surface area contributed by atoms with Gasteiger partial charge in [-0.2, -0.15) is 11.8 Å². The first-order valence-electron chi connectivity index (χ1n) is 2.66. The molecule has 0 amide bonds. The van der Waals surface area contributed by atoms with E-state index < -0.39 is 0 Å². The minimum Gasteiger partial charge on any atom is -0.327 e. The van der Waals surface area contributed by atoms with Crippen molar-refractivity contribution >= 4 is 11.8 Å². The second-order valence-corrected chi connectivity index (χ2v) is 2.89. The summed E-state index contributed by atoms with van der Waals surface area (Å²) in [6, 6.07) is 0.201. The van der Waals surface area contributed by atoms with Crippen LogP contribution in [0.2, 0.25) is 0 Å². The molecular weight excluding hydrogens is 125 g/mol. The van der Waals surface area contributed by atoms with Gasteiger partial charge in [0.1, 0.15) is 0 Å². The van der Waals surface area contributed by atoms with Crippen molar-refractivity contribution in [1.29, 1.82) is 0 Å². The van der Waals surface area contributed by atoms with Crippen molar-refractivity contribution in [3.8, 4) is 0 Å². The maximum atomic E-state index is 11.4. The molecule has 1 nitrogen and oxygen atoms in total. The Bertz CT molecular complexity index is 49.7. The fourth-order valence-electron chi connectivity index (χ4n) is 0.324. The third kappa shape index (κ3) is 6.24. The van der Waals surface area contributed by atoms with Gasteiger partial charge in [-0.3, -0.25) is 4.39 Å². The van der Waals surface area contributed by atoms with Gasteiger partial charge in [0.2, 0.25) is 0 Å². The van der Waals surface area contributed by atoms with Crippen molar-refractivity contribution in [2.24, 2.45) is 5.73 Å². The predicted octanol–water partition coefficient (Wildman–Crippen LogP) is 1.04. The molecule has 0 aromatic heterocycles. The van der Waals surface area contributed by atoms with E-state index in [2.05, 4.69) is 0 Å². The van der Waals surface area contributed by atoms with Crippen LogP contribution < -0.4 is 5.73 Å². The van der Waals surface area contributed by atoms with E-state index in [0.717, 1.165) is 5.75 Å². The fourth-order valence-corrected chi connectivity index (χ4v) is 0.971. The number of hydrogen-bond donors (Lipinski definition) is 1. The van der Waals surface area contributed by atoms with Crippen LogP contribution in [0.4, 0.5) is 4.39 Å². The van der Waals surface area contributed by atoms with Gasteiger partial charge in [-0.25, -0.2) is 0 Å². The number of hydrogen-bond acceptors (Lipinski definition) is 2. The maximum absolute atomic E-state index is 11.4. The zero-order valence-corrected chi connectivity index (χ0v) is 5.88. The van der Waals surface area contributed by atoms with Gasteiger partial charge in [0, 0.05) is 17.5 Å². The topological polar surface area (TPSA) is 26.0 Å². The molecule has 0 aromatic rings. The van der Waals surface area contributed by atoms with Crippen LogP contribution in [-0.2, 0) is 0 Å². The monoisotopic (exact) mass is 137 g/mol. The van der Waals surface area contributed by atoms with Crippen LogP contribution in [0.25, 0.3) is 0 Å². The number of halogens is 1. The van der Waals surface area contributed by atoms with Gasteiger partial charge in [-0.05, 0) is 6.92 Å². The zero-order valence-electron chi connectivity index (χ0n) is 5.06. The Balaban J connectivity index is 2.72. The average Bonchev–Trinajstić information content (AvgIpc) is 1.66. The standard InChI is InChI=1S/C5H12FNS/c1-5(7)4-8-3-2-6/h5H,2-4,7H2,1H3/t5-/m1/s1. The molecule has 0 rings (SSSR count). The molecule has 1 atom stereocenters. The van der Waals surface area contributed by atoms with Gasteiger partial charge in [0.15, 0.2) is 0 Å². The third-order valence-electron chi connectivity index (χ3n) is 0.602. The summed E-state index contributed by atoms with van der Waals surface area (Å²) in [5.41, 5.74) is 5.39. The van der Waals surface area contributed by atoms with Gasteiger partial charge < -0.3 is 5.73 Å².